The topological polar surface area (TPSA) is 84.6 Å². The molecule has 0 atom stereocenters. The molecule has 0 spiro atoms. The van der Waals surface area contributed by atoms with Gasteiger partial charge in [-0.15, -0.1) is 0 Å². The first-order valence-corrected chi connectivity index (χ1v) is 5.24. The van der Waals surface area contributed by atoms with Crippen molar-refractivity contribution in [3.8, 4) is 6.07 Å². The molecule has 0 aliphatic carbocycles. The second-order valence-electron chi connectivity index (χ2n) is 3.43. The summed E-state index contributed by atoms with van der Waals surface area (Å²) in [6.45, 7) is -0.000287. The number of nitrogens with zero attached hydrogens (tertiary/aromatic N) is 2. The summed E-state index contributed by atoms with van der Waals surface area (Å²) in [5.41, 5.74) is 0.787. The Hall–Kier alpha value is -1.90. The molecular weight excluding hydrogens is 220 g/mol. The summed E-state index contributed by atoms with van der Waals surface area (Å²) in [5, 5.41) is 26.4. The molecule has 1 rings (SSSR count). The molecule has 2 N–H and O–H groups in total. The van der Waals surface area contributed by atoms with Gasteiger partial charge < -0.3 is 15.1 Å². The van der Waals surface area contributed by atoms with Gasteiger partial charge in [-0.1, -0.05) is 6.07 Å². The highest BCUT2D eigenvalue weighted by Gasteiger charge is 2.14. The number of aliphatic hydroxyl groups excluding tert-OH is 2. The summed E-state index contributed by atoms with van der Waals surface area (Å²) >= 11 is 0. The van der Waals surface area contributed by atoms with Gasteiger partial charge >= 0.3 is 0 Å². The van der Waals surface area contributed by atoms with Crippen molar-refractivity contribution in [2.45, 2.75) is 0 Å². The fourth-order valence-electron chi connectivity index (χ4n) is 1.46. The van der Waals surface area contributed by atoms with Crippen LogP contribution in [0.15, 0.2) is 24.3 Å². The first kappa shape index (κ1) is 13.2. The van der Waals surface area contributed by atoms with Gasteiger partial charge in [0.2, 0.25) is 0 Å². The Morgan fingerprint density at radius 1 is 1.29 bits per heavy atom. The third kappa shape index (κ3) is 3.55. The molecule has 0 fully saturated rings. The highest BCUT2D eigenvalue weighted by molar-refractivity contribution is 5.94. The van der Waals surface area contributed by atoms with Crippen LogP contribution < -0.4 is 0 Å². The maximum absolute atomic E-state index is 12.0. The van der Waals surface area contributed by atoms with Crippen LogP contribution in [0.4, 0.5) is 0 Å². The Morgan fingerprint density at radius 2 is 1.94 bits per heavy atom. The smallest absolute Gasteiger partial charge is 0.254 e. The van der Waals surface area contributed by atoms with Crippen molar-refractivity contribution in [3.05, 3.63) is 35.4 Å². The number of nitriles is 1. The molecule has 90 valence electrons. The Labute approximate surface area is 99.5 Å². The van der Waals surface area contributed by atoms with Crippen molar-refractivity contribution in [3.63, 3.8) is 0 Å². The minimum atomic E-state index is -0.301. The minimum Gasteiger partial charge on any atom is -0.395 e. The van der Waals surface area contributed by atoms with Crippen molar-refractivity contribution in [2.24, 2.45) is 0 Å². The van der Waals surface area contributed by atoms with Crippen LogP contribution in [0.5, 0.6) is 0 Å². The third-order valence-electron chi connectivity index (χ3n) is 2.27. The predicted molar refractivity (Wildman–Crippen MR) is 61.2 cm³/mol. The normalized spacial score (nSPS) is 9.71. The lowest BCUT2D eigenvalue weighted by Crippen LogP contribution is -2.35. The average molecular weight is 234 g/mol. The van der Waals surface area contributed by atoms with E-state index in [9.17, 15) is 4.79 Å². The zero-order chi connectivity index (χ0) is 12.7. The molecule has 0 unspecified atom stereocenters. The molecule has 17 heavy (non-hydrogen) atoms. The first-order valence-electron chi connectivity index (χ1n) is 5.24. The highest BCUT2D eigenvalue weighted by Crippen LogP contribution is 2.07. The van der Waals surface area contributed by atoms with E-state index in [1.54, 1.807) is 18.2 Å². The molecule has 0 saturated carbocycles. The van der Waals surface area contributed by atoms with Crippen molar-refractivity contribution in [1.82, 2.24) is 4.90 Å². The zero-order valence-electron chi connectivity index (χ0n) is 9.33. The maximum Gasteiger partial charge on any atom is 0.254 e. The van der Waals surface area contributed by atoms with Gasteiger partial charge in [-0.2, -0.15) is 5.26 Å². The van der Waals surface area contributed by atoms with Gasteiger partial charge in [-0.3, -0.25) is 4.79 Å². The predicted octanol–water partition coefficient (Wildman–Crippen LogP) is -0.0149. The first-order chi connectivity index (χ1) is 8.22. The largest absolute Gasteiger partial charge is 0.395 e. The van der Waals surface area contributed by atoms with Gasteiger partial charge in [-0.05, 0) is 18.2 Å². The number of hydrogen-bond donors (Lipinski definition) is 2. The van der Waals surface area contributed by atoms with Gasteiger partial charge in [0.15, 0.2) is 0 Å². The van der Waals surface area contributed by atoms with Crippen LogP contribution in [0.3, 0.4) is 0 Å². The number of rotatable bonds is 5. The second-order valence-corrected chi connectivity index (χ2v) is 3.43. The van der Waals surface area contributed by atoms with E-state index in [0.717, 1.165) is 0 Å². The van der Waals surface area contributed by atoms with Crippen LogP contribution in [0.1, 0.15) is 15.9 Å². The Bertz CT molecular complexity index is 420. The molecule has 1 aromatic carbocycles. The van der Waals surface area contributed by atoms with Crippen molar-refractivity contribution in [1.29, 1.82) is 5.26 Å². The van der Waals surface area contributed by atoms with E-state index in [-0.39, 0.29) is 32.2 Å². The standard InChI is InChI=1S/C12H14N2O3/c13-9-10-2-1-3-11(8-10)12(17)14(4-6-15)5-7-16/h1-3,8,15-16H,4-7H2. The van der Waals surface area contributed by atoms with E-state index in [1.165, 1.54) is 11.0 Å². The van der Waals surface area contributed by atoms with Crippen molar-refractivity contribution in [2.75, 3.05) is 26.3 Å². The highest BCUT2D eigenvalue weighted by atomic mass is 16.3. The van der Waals surface area contributed by atoms with Crippen molar-refractivity contribution >= 4 is 5.91 Å². The Balaban J connectivity index is 2.89. The summed E-state index contributed by atoms with van der Waals surface area (Å²) in [7, 11) is 0. The molecule has 0 aromatic heterocycles. The number of carbonyl (C=O) groups excluding carboxylic acids is 1. The van der Waals surface area contributed by atoms with E-state index in [4.69, 9.17) is 15.5 Å². The van der Waals surface area contributed by atoms with E-state index < -0.39 is 0 Å². The number of aliphatic hydroxyl groups is 2. The molecule has 0 aliphatic rings. The van der Waals surface area contributed by atoms with E-state index in [2.05, 4.69) is 0 Å². The summed E-state index contributed by atoms with van der Waals surface area (Å²) in [4.78, 5) is 13.3. The average Bonchev–Trinajstić information content (AvgIpc) is 2.38. The lowest BCUT2D eigenvalue weighted by atomic mass is 10.1. The maximum atomic E-state index is 12.0. The summed E-state index contributed by atoms with van der Waals surface area (Å²) in [5.74, 6) is -0.301. The molecule has 0 aliphatic heterocycles. The fraction of sp³-hybridized carbons (Fsp3) is 0.333. The zero-order valence-corrected chi connectivity index (χ0v) is 9.33. The van der Waals surface area contributed by atoms with E-state index >= 15 is 0 Å². The lowest BCUT2D eigenvalue weighted by molar-refractivity contribution is 0.0685. The molecule has 0 saturated heterocycles. The Kier molecular flexibility index (Phi) is 5.14. The van der Waals surface area contributed by atoms with Gasteiger partial charge in [0, 0.05) is 18.7 Å². The Morgan fingerprint density at radius 3 is 2.47 bits per heavy atom. The second kappa shape index (κ2) is 6.63. The quantitative estimate of drug-likeness (QED) is 0.750. The van der Waals surface area contributed by atoms with Gasteiger partial charge in [-0.25, -0.2) is 0 Å². The van der Waals surface area contributed by atoms with Crippen LogP contribution in [0.25, 0.3) is 0 Å². The van der Waals surface area contributed by atoms with Crippen LogP contribution in [-0.4, -0.2) is 47.3 Å². The molecule has 5 nitrogen and oxygen atoms in total. The summed E-state index contributed by atoms with van der Waals surface area (Å²) in [6.07, 6.45) is 0. The van der Waals surface area contributed by atoms with Crippen LogP contribution >= 0.6 is 0 Å². The third-order valence-corrected chi connectivity index (χ3v) is 2.27. The van der Waals surface area contributed by atoms with E-state index in [0.29, 0.717) is 11.1 Å². The van der Waals surface area contributed by atoms with Crippen molar-refractivity contribution < 1.29 is 15.0 Å². The van der Waals surface area contributed by atoms with Crippen LogP contribution in [0, 0.1) is 11.3 Å². The molecule has 1 aromatic rings. The number of benzene rings is 1. The number of amides is 1. The molecular formula is C12H14N2O3. The van der Waals surface area contributed by atoms with E-state index in [1.807, 2.05) is 6.07 Å². The number of hydrogen-bond acceptors (Lipinski definition) is 4. The molecule has 1 amide bonds. The van der Waals surface area contributed by atoms with Gasteiger partial charge in [0.25, 0.3) is 5.91 Å². The fourth-order valence-corrected chi connectivity index (χ4v) is 1.46. The SMILES string of the molecule is N#Cc1cccc(C(=O)N(CCO)CCO)c1. The molecule has 0 radical (unpaired) electrons. The summed E-state index contributed by atoms with van der Waals surface area (Å²) < 4.78 is 0. The van der Waals surface area contributed by atoms with Gasteiger partial charge in [0.1, 0.15) is 0 Å². The monoisotopic (exact) mass is 234 g/mol. The minimum absolute atomic E-state index is 0.163. The molecule has 0 bridgehead atoms. The lowest BCUT2D eigenvalue weighted by Gasteiger charge is -2.20. The molecule has 0 heterocycles. The van der Waals surface area contributed by atoms with Crippen LogP contribution in [0.2, 0.25) is 0 Å². The number of carbonyl (C=O) groups is 1. The van der Waals surface area contributed by atoms with Crippen LogP contribution in [-0.2, 0) is 0 Å². The summed E-state index contributed by atoms with van der Waals surface area (Å²) in [6, 6.07) is 8.29. The molecule has 5 heteroatoms. The van der Waals surface area contributed by atoms with Gasteiger partial charge in [0.05, 0.1) is 24.8 Å².